The molecule has 2 rings (SSSR count). The molecule has 2 N–H and O–H groups in total. The molecule has 0 atom stereocenters. The normalized spacial score (nSPS) is 10.5. The van der Waals surface area contributed by atoms with Gasteiger partial charge in [0.05, 0.1) is 26.9 Å². The standard InChI is InChI=1S/C17H18N2O4/c1-22-15-8-5-13(9-16(15)23-2)11-18-19-17(21)10-12-3-6-14(20)7-4-12/h3-9,11,20H,10H2,1-2H3,(H,19,21)/b18-11-. The van der Waals surface area contributed by atoms with Crippen LogP contribution in [0.15, 0.2) is 47.6 Å². The molecule has 0 bridgehead atoms. The van der Waals surface area contributed by atoms with E-state index in [1.54, 1.807) is 44.6 Å². The van der Waals surface area contributed by atoms with E-state index >= 15 is 0 Å². The van der Waals surface area contributed by atoms with Gasteiger partial charge in [-0.05, 0) is 41.5 Å². The SMILES string of the molecule is COc1ccc(/C=N\NC(=O)Cc2ccc(O)cc2)cc1OC. The summed E-state index contributed by atoms with van der Waals surface area (Å²) in [5.41, 5.74) is 4.02. The maximum Gasteiger partial charge on any atom is 0.244 e. The van der Waals surface area contributed by atoms with Crippen molar-refractivity contribution in [3.63, 3.8) is 0 Å². The van der Waals surface area contributed by atoms with Crippen molar-refractivity contribution >= 4 is 12.1 Å². The van der Waals surface area contributed by atoms with E-state index in [0.717, 1.165) is 11.1 Å². The molecule has 23 heavy (non-hydrogen) atoms. The van der Waals surface area contributed by atoms with Crippen LogP contribution in [0.4, 0.5) is 0 Å². The third-order valence-electron chi connectivity index (χ3n) is 3.11. The van der Waals surface area contributed by atoms with Gasteiger partial charge in [-0.3, -0.25) is 4.79 Å². The first kappa shape index (κ1) is 16.4. The van der Waals surface area contributed by atoms with E-state index in [1.807, 2.05) is 0 Å². The zero-order valence-corrected chi connectivity index (χ0v) is 12.9. The van der Waals surface area contributed by atoms with Gasteiger partial charge in [-0.15, -0.1) is 0 Å². The molecule has 0 aliphatic rings. The minimum Gasteiger partial charge on any atom is -0.508 e. The van der Waals surface area contributed by atoms with Gasteiger partial charge in [0.15, 0.2) is 11.5 Å². The van der Waals surface area contributed by atoms with Gasteiger partial charge in [0.25, 0.3) is 0 Å². The average Bonchev–Trinajstić information content (AvgIpc) is 2.56. The number of hydrogen-bond acceptors (Lipinski definition) is 5. The summed E-state index contributed by atoms with van der Waals surface area (Å²) >= 11 is 0. The Hall–Kier alpha value is -3.02. The van der Waals surface area contributed by atoms with Crippen LogP contribution in [-0.2, 0) is 11.2 Å². The number of hydrogen-bond donors (Lipinski definition) is 2. The van der Waals surface area contributed by atoms with Crippen molar-refractivity contribution in [2.45, 2.75) is 6.42 Å². The first-order valence-corrected chi connectivity index (χ1v) is 6.94. The number of methoxy groups -OCH3 is 2. The zero-order chi connectivity index (χ0) is 16.7. The largest absolute Gasteiger partial charge is 0.508 e. The number of nitrogens with one attached hydrogen (secondary N) is 1. The van der Waals surface area contributed by atoms with Crippen LogP contribution in [0, 0.1) is 0 Å². The molecule has 6 heteroatoms. The van der Waals surface area contributed by atoms with E-state index in [9.17, 15) is 9.90 Å². The molecular weight excluding hydrogens is 296 g/mol. The molecule has 1 amide bonds. The number of ether oxygens (including phenoxy) is 2. The fourth-order valence-electron chi connectivity index (χ4n) is 1.95. The van der Waals surface area contributed by atoms with Crippen molar-refractivity contribution in [2.24, 2.45) is 5.10 Å². The van der Waals surface area contributed by atoms with Gasteiger partial charge in [-0.25, -0.2) is 5.43 Å². The highest BCUT2D eigenvalue weighted by Gasteiger charge is 2.04. The predicted molar refractivity (Wildman–Crippen MR) is 87.1 cm³/mol. The third kappa shape index (κ3) is 4.74. The fraction of sp³-hybridized carbons (Fsp3) is 0.176. The molecule has 0 fully saturated rings. The van der Waals surface area contributed by atoms with Crippen LogP contribution < -0.4 is 14.9 Å². The maximum atomic E-state index is 11.8. The first-order chi connectivity index (χ1) is 11.1. The van der Waals surface area contributed by atoms with Gasteiger partial charge in [0.1, 0.15) is 5.75 Å². The monoisotopic (exact) mass is 314 g/mol. The molecule has 0 saturated heterocycles. The number of carbonyl (C=O) groups is 1. The van der Waals surface area contributed by atoms with Crippen molar-refractivity contribution < 1.29 is 19.4 Å². The summed E-state index contributed by atoms with van der Waals surface area (Å²) in [7, 11) is 3.12. The number of rotatable bonds is 6. The van der Waals surface area contributed by atoms with E-state index in [4.69, 9.17) is 9.47 Å². The number of nitrogens with zero attached hydrogens (tertiary/aromatic N) is 1. The lowest BCUT2D eigenvalue weighted by Crippen LogP contribution is -2.19. The summed E-state index contributed by atoms with van der Waals surface area (Å²) in [4.78, 5) is 11.8. The van der Waals surface area contributed by atoms with Crippen molar-refractivity contribution in [3.05, 3.63) is 53.6 Å². The molecule has 0 unspecified atom stereocenters. The topological polar surface area (TPSA) is 80.2 Å². The highest BCUT2D eigenvalue weighted by Crippen LogP contribution is 2.26. The van der Waals surface area contributed by atoms with Crippen LogP contribution in [0.5, 0.6) is 17.2 Å². The first-order valence-electron chi connectivity index (χ1n) is 6.94. The van der Waals surface area contributed by atoms with Gasteiger partial charge in [0, 0.05) is 0 Å². The van der Waals surface area contributed by atoms with Crippen molar-refractivity contribution in [3.8, 4) is 17.2 Å². The molecule has 6 nitrogen and oxygen atoms in total. The summed E-state index contributed by atoms with van der Waals surface area (Å²) in [5.74, 6) is 1.14. The summed E-state index contributed by atoms with van der Waals surface area (Å²) in [6, 6.07) is 11.8. The Balaban J connectivity index is 1.93. The summed E-state index contributed by atoms with van der Waals surface area (Å²) in [6.07, 6.45) is 1.71. The highest BCUT2D eigenvalue weighted by atomic mass is 16.5. The number of phenols is 1. The maximum absolute atomic E-state index is 11.8. The molecule has 0 spiro atoms. The number of hydrazone groups is 1. The average molecular weight is 314 g/mol. The zero-order valence-electron chi connectivity index (χ0n) is 12.9. The number of phenolic OH excluding ortho intramolecular Hbond substituents is 1. The van der Waals surface area contributed by atoms with Crippen molar-refractivity contribution in [1.29, 1.82) is 0 Å². The van der Waals surface area contributed by atoms with E-state index in [-0.39, 0.29) is 18.1 Å². The van der Waals surface area contributed by atoms with Gasteiger partial charge < -0.3 is 14.6 Å². The smallest absolute Gasteiger partial charge is 0.244 e. The Morgan fingerprint density at radius 3 is 2.48 bits per heavy atom. The number of aromatic hydroxyl groups is 1. The molecule has 0 saturated carbocycles. The Morgan fingerprint density at radius 1 is 1.13 bits per heavy atom. The Labute approximate surface area is 134 Å². The Morgan fingerprint density at radius 2 is 1.83 bits per heavy atom. The quantitative estimate of drug-likeness (QED) is 0.632. The number of carbonyl (C=O) groups excluding carboxylic acids is 1. The van der Waals surface area contributed by atoms with Crippen molar-refractivity contribution in [2.75, 3.05) is 14.2 Å². The van der Waals surface area contributed by atoms with E-state index < -0.39 is 0 Å². The molecule has 0 aliphatic heterocycles. The number of benzene rings is 2. The minimum atomic E-state index is -0.243. The summed E-state index contributed by atoms with van der Waals surface area (Å²) < 4.78 is 10.4. The lowest BCUT2D eigenvalue weighted by molar-refractivity contribution is -0.120. The summed E-state index contributed by atoms with van der Waals surface area (Å²) in [6.45, 7) is 0. The van der Waals surface area contributed by atoms with Crippen LogP contribution in [0.3, 0.4) is 0 Å². The molecule has 120 valence electrons. The van der Waals surface area contributed by atoms with Gasteiger partial charge in [-0.2, -0.15) is 5.10 Å². The molecular formula is C17H18N2O4. The Bertz CT molecular complexity index is 696. The molecule has 2 aromatic rings. The molecule has 0 heterocycles. The van der Waals surface area contributed by atoms with Gasteiger partial charge in [0.2, 0.25) is 5.91 Å². The lowest BCUT2D eigenvalue weighted by Gasteiger charge is -2.07. The van der Waals surface area contributed by atoms with E-state index in [0.29, 0.717) is 11.5 Å². The van der Waals surface area contributed by atoms with E-state index in [1.165, 1.54) is 18.3 Å². The van der Waals surface area contributed by atoms with Crippen LogP contribution in [0.25, 0.3) is 0 Å². The molecule has 0 aromatic heterocycles. The molecule has 0 aliphatic carbocycles. The highest BCUT2D eigenvalue weighted by molar-refractivity contribution is 5.84. The van der Waals surface area contributed by atoms with E-state index in [2.05, 4.69) is 10.5 Å². The Kier molecular flexibility index (Phi) is 5.57. The van der Waals surface area contributed by atoms with Gasteiger partial charge in [-0.1, -0.05) is 12.1 Å². The lowest BCUT2D eigenvalue weighted by atomic mass is 10.1. The van der Waals surface area contributed by atoms with Crippen LogP contribution in [-0.4, -0.2) is 31.4 Å². The predicted octanol–water partition coefficient (Wildman–Crippen LogP) is 2.10. The van der Waals surface area contributed by atoms with Crippen molar-refractivity contribution in [1.82, 2.24) is 5.43 Å². The second-order valence-corrected chi connectivity index (χ2v) is 4.75. The van der Waals surface area contributed by atoms with Gasteiger partial charge >= 0.3 is 0 Å². The summed E-state index contributed by atoms with van der Waals surface area (Å²) in [5, 5.41) is 13.1. The van der Waals surface area contributed by atoms with Crippen LogP contribution >= 0.6 is 0 Å². The minimum absolute atomic E-state index is 0.167. The third-order valence-corrected chi connectivity index (χ3v) is 3.11. The fourth-order valence-corrected chi connectivity index (χ4v) is 1.95. The molecule has 0 radical (unpaired) electrons. The van der Waals surface area contributed by atoms with Crippen LogP contribution in [0.1, 0.15) is 11.1 Å². The van der Waals surface area contributed by atoms with Crippen LogP contribution in [0.2, 0.25) is 0 Å². The molecule has 2 aromatic carbocycles. The second-order valence-electron chi connectivity index (χ2n) is 4.75. The second kappa shape index (κ2) is 7.84. The number of amides is 1.